The summed E-state index contributed by atoms with van der Waals surface area (Å²) in [4.78, 5) is 11.7. The number of carbonyl (C=O) groups excluding carboxylic acids is 1. The standard InChI is InChI=1S/C15H18F3NO3/c16-15(17,18)10-4-3-5-11(8-10)22-9-14(21)19-12-6-1-2-7-13(12)20/h3-5,8,12-13,20H,1-2,6-7,9H2,(H,19,21). The topological polar surface area (TPSA) is 58.6 Å². The largest absolute Gasteiger partial charge is 0.484 e. The van der Waals surface area contributed by atoms with Crippen LogP contribution in [0.1, 0.15) is 31.2 Å². The van der Waals surface area contributed by atoms with Gasteiger partial charge in [-0.2, -0.15) is 13.2 Å². The Morgan fingerprint density at radius 3 is 2.73 bits per heavy atom. The molecule has 1 aliphatic carbocycles. The summed E-state index contributed by atoms with van der Waals surface area (Å²) in [6.07, 6.45) is -1.85. The van der Waals surface area contributed by atoms with Gasteiger partial charge in [-0.15, -0.1) is 0 Å². The molecule has 0 spiro atoms. The lowest BCUT2D eigenvalue weighted by Gasteiger charge is -2.28. The number of alkyl halides is 3. The van der Waals surface area contributed by atoms with E-state index in [1.807, 2.05) is 0 Å². The van der Waals surface area contributed by atoms with E-state index in [1.54, 1.807) is 0 Å². The van der Waals surface area contributed by atoms with Crippen molar-refractivity contribution >= 4 is 5.91 Å². The van der Waals surface area contributed by atoms with Gasteiger partial charge in [-0.25, -0.2) is 0 Å². The highest BCUT2D eigenvalue weighted by Gasteiger charge is 2.30. The zero-order valence-corrected chi connectivity index (χ0v) is 11.9. The van der Waals surface area contributed by atoms with Crippen molar-refractivity contribution < 1.29 is 27.8 Å². The molecule has 2 unspecified atom stereocenters. The first-order chi connectivity index (χ1) is 10.4. The van der Waals surface area contributed by atoms with Gasteiger partial charge in [0.25, 0.3) is 5.91 Å². The van der Waals surface area contributed by atoms with Crippen molar-refractivity contribution in [1.29, 1.82) is 0 Å². The Morgan fingerprint density at radius 2 is 2.05 bits per heavy atom. The summed E-state index contributed by atoms with van der Waals surface area (Å²) in [6.45, 7) is -0.384. The summed E-state index contributed by atoms with van der Waals surface area (Å²) in [6, 6.07) is 4.05. The average molecular weight is 317 g/mol. The Morgan fingerprint density at radius 1 is 1.32 bits per heavy atom. The van der Waals surface area contributed by atoms with Crippen LogP contribution in [0.2, 0.25) is 0 Å². The van der Waals surface area contributed by atoms with Crippen LogP contribution in [-0.2, 0) is 11.0 Å². The molecule has 7 heteroatoms. The molecule has 1 fully saturated rings. The molecule has 0 bridgehead atoms. The van der Waals surface area contributed by atoms with E-state index in [-0.39, 0.29) is 18.4 Å². The molecule has 1 aromatic rings. The van der Waals surface area contributed by atoms with Crippen LogP contribution < -0.4 is 10.1 Å². The van der Waals surface area contributed by atoms with Gasteiger partial charge in [0.05, 0.1) is 17.7 Å². The van der Waals surface area contributed by atoms with E-state index in [0.29, 0.717) is 12.8 Å². The SMILES string of the molecule is O=C(COc1cccc(C(F)(F)F)c1)NC1CCCCC1O. The van der Waals surface area contributed by atoms with Crippen LogP contribution in [0.15, 0.2) is 24.3 Å². The minimum Gasteiger partial charge on any atom is -0.484 e. The van der Waals surface area contributed by atoms with Gasteiger partial charge in [-0.3, -0.25) is 4.79 Å². The molecule has 0 heterocycles. The molecule has 22 heavy (non-hydrogen) atoms. The normalized spacial score (nSPS) is 22.2. The van der Waals surface area contributed by atoms with Gasteiger partial charge < -0.3 is 15.2 Å². The molecular formula is C15H18F3NO3. The first-order valence-corrected chi connectivity index (χ1v) is 7.14. The molecule has 2 N–H and O–H groups in total. The van der Waals surface area contributed by atoms with Crippen LogP contribution in [-0.4, -0.2) is 29.8 Å². The second-order valence-corrected chi connectivity index (χ2v) is 5.34. The van der Waals surface area contributed by atoms with Crippen LogP contribution in [0.4, 0.5) is 13.2 Å². The molecule has 4 nitrogen and oxygen atoms in total. The van der Waals surface area contributed by atoms with E-state index in [1.165, 1.54) is 12.1 Å². The predicted octanol–water partition coefficient (Wildman–Crippen LogP) is 2.50. The number of carbonyl (C=O) groups is 1. The van der Waals surface area contributed by atoms with E-state index in [2.05, 4.69) is 5.32 Å². The fourth-order valence-electron chi connectivity index (χ4n) is 2.44. The number of ether oxygens (including phenoxy) is 1. The number of amides is 1. The minimum atomic E-state index is -4.45. The summed E-state index contributed by atoms with van der Waals surface area (Å²) >= 11 is 0. The van der Waals surface area contributed by atoms with Crippen LogP contribution in [0.3, 0.4) is 0 Å². The monoisotopic (exact) mass is 317 g/mol. The first kappa shape index (κ1) is 16.6. The van der Waals surface area contributed by atoms with Gasteiger partial charge in [0.2, 0.25) is 0 Å². The summed E-state index contributed by atoms with van der Waals surface area (Å²) in [5, 5.41) is 12.4. The maximum absolute atomic E-state index is 12.6. The maximum Gasteiger partial charge on any atom is 0.416 e. The Bertz CT molecular complexity index is 519. The number of benzene rings is 1. The molecule has 2 atom stereocenters. The second kappa shape index (κ2) is 7.00. The summed E-state index contributed by atoms with van der Waals surface area (Å²) in [7, 11) is 0. The van der Waals surface area contributed by atoms with E-state index < -0.39 is 23.8 Å². The van der Waals surface area contributed by atoms with Crippen LogP contribution in [0.25, 0.3) is 0 Å². The molecule has 0 saturated heterocycles. The number of halogens is 3. The first-order valence-electron chi connectivity index (χ1n) is 7.14. The fourth-order valence-corrected chi connectivity index (χ4v) is 2.44. The van der Waals surface area contributed by atoms with Gasteiger partial charge >= 0.3 is 6.18 Å². The zero-order chi connectivity index (χ0) is 16.2. The van der Waals surface area contributed by atoms with Crippen molar-refractivity contribution in [3.8, 4) is 5.75 Å². The summed E-state index contributed by atoms with van der Waals surface area (Å²) < 4.78 is 42.8. The molecular weight excluding hydrogens is 299 g/mol. The van der Waals surface area contributed by atoms with E-state index in [4.69, 9.17) is 4.74 Å². The minimum absolute atomic E-state index is 0.0193. The van der Waals surface area contributed by atoms with E-state index >= 15 is 0 Å². The molecule has 0 aliphatic heterocycles. The van der Waals surface area contributed by atoms with Gasteiger partial charge in [0, 0.05) is 0 Å². The van der Waals surface area contributed by atoms with Crippen LogP contribution in [0, 0.1) is 0 Å². The highest BCUT2D eigenvalue weighted by atomic mass is 19.4. The third kappa shape index (κ3) is 4.62. The molecule has 0 aromatic heterocycles. The zero-order valence-electron chi connectivity index (χ0n) is 11.9. The van der Waals surface area contributed by atoms with E-state index in [0.717, 1.165) is 25.0 Å². The van der Waals surface area contributed by atoms with Gasteiger partial charge in [-0.05, 0) is 31.0 Å². The van der Waals surface area contributed by atoms with Crippen LogP contribution in [0.5, 0.6) is 5.75 Å². The molecule has 1 saturated carbocycles. The lowest BCUT2D eigenvalue weighted by atomic mass is 9.92. The lowest BCUT2D eigenvalue weighted by Crippen LogP contribution is -2.46. The Balaban J connectivity index is 1.86. The summed E-state index contributed by atoms with van der Waals surface area (Å²) in [5.74, 6) is -0.475. The van der Waals surface area contributed by atoms with Gasteiger partial charge in [-0.1, -0.05) is 18.9 Å². The predicted molar refractivity (Wildman–Crippen MR) is 73.3 cm³/mol. The van der Waals surface area contributed by atoms with Crippen LogP contribution >= 0.6 is 0 Å². The molecule has 1 amide bonds. The number of rotatable bonds is 4. The molecule has 0 radical (unpaired) electrons. The average Bonchev–Trinajstić information content (AvgIpc) is 2.47. The van der Waals surface area contributed by atoms with Crippen molar-refractivity contribution in [3.63, 3.8) is 0 Å². The Kier molecular flexibility index (Phi) is 5.28. The van der Waals surface area contributed by atoms with Crippen molar-refractivity contribution in [2.24, 2.45) is 0 Å². The molecule has 1 aromatic carbocycles. The molecule has 122 valence electrons. The third-order valence-corrected chi connectivity index (χ3v) is 3.61. The fraction of sp³-hybridized carbons (Fsp3) is 0.533. The molecule has 1 aliphatic rings. The number of nitrogens with one attached hydrogen (secondary N) is 1. The number of aliphatic hydroxyl groups excluding tert-OH is 1. The van der Waals surface area contributed by atoms with E-state index in [9.17, 15) is 23.1 Å². The van der Waals surface area contributed by atoms with Gasteiger partial charge in [0.1, 0.15) is 5.75 Å². The summed E-state index contributed by atoms with van der Waals surface area (Å²) in [5.41, 5.74) is -0.826. The number of hydrogen-bond acceptors (Lipinski definition) is 3. The number of aliphatic hydroxyl groups is 1. The molecule has 2 rings (SSSR count). The highest BCUT2D eigenvalue weighted by molar-refractivity contribution is 5.77. The smallest absolute Gasteiger partial charge is 0.416 e. The van der Waals surface area contributed by atoms with Crippen molar-refractivity contribution in [2.75, 3.05) is 6.61 Å². The Hall–Kier alpha value is -1.76. The lowest BCUT2D eigenvalue weighted by molar-refractivity contribution is -0.137. The second-order valence-electron chi connectivity index (χ2n) is 5.34. The quantitative estimate of drug-likeness (QED) is 0.897. The van der Waals surface area contributed by atoms with Crippen molar-refractivity contribution in [2.45, 2.75) is 44.0 Å². The third-order valence-electron chi connectivity index (χ3n) is 3.61. The maximum atomic E-state index is 12.6. The highest BCUT2D eigenvalue weighted by Crippen LogP contribution is 2.31. The number of hydrogen-bond donors (Lipinski definition) is 2. The van der Waals surface area contributed by atoms with Crippen molar-refractivity contribution in [1.82, 2.24) is 5.32 Å². The van der Waals surface area contributed by atoms with Crippen molar-refractivity contribution in [3.05, 3.63) is 29.8 Å². The van der Waals surface area contributed by atoms with Gasteiger partial charge in [0.15, 0.2) is 6.61 Å². The Labute approximate surface area is 126 Å².